The maximum absolute atomic E-state index is 13.6. The lowest BCUT2D eigenvalue weighted by Crippen LogP contribution is -2.12. The van der Waals surface area contributed by atoms with Gasteiger partial charge < -0.3 is 9.47 Å². The van der Waals surface area contributed by atoms with Gasteiger partial charge in [-0.25, -0.2) is 35.9 Å². The number of hydrogen-bond acceptors (Lipinski definition) is 4. The van der Waals surface area contributed by atoms with Gasteiger partial charge in [0.2, 0.25) is 0 Å². The molecule has 0 fully saturated rings. The van der Waals surface area contributed by atoms with Gasteiger partial charge in [0.25, 0.3) is 0 Å². The maximum atomic E-state index is 13.6. The molecule has 4 nitrogen and oxygen atoms in total. The lowest BCUT2D eigenvalue weighted by molar-refractivity contribution is 0.0722. The standard InChI is InChI=1S/C28H12F6O4/c29-19-9-15(10-20(30)25(19)33)27(35)37-23-5-6-24(18-8-14-4-2-1-3-13(14)7-17(18)23)38-28(36)16-11-21(31)26(34)22(32)12-16/h1-12H. The normalized spacial score (nSPS) is 11.1. The first kappa shape index (κ1) is 24.8. The van der Waals surface area contributed by atoms with E-state index < -0.39 is 58.0 Å². The highest BCUT2D eigenvalue weighted by molar-refractivity contribution is 6.06. The Morgan fingerprint density at radius 2 is 0.842 bits per heavy atom. The lowest BCUT2D eigenvalue weighted by atomic mass is 10.0. The van der Waals surface area contributed by atoms with Crippen molar-refractivity contribution in [1.82, 2.24) is 0 Å². The largest absolute Gasteiger partial charge is 0.422 e. The molecule has 5 aromatic rings. The zero-order valence-electron chi connectivity index (χ0n) is 18.8. The monoisotopic (exact) mass is 526 g/mol. The predicted octanol–water partition coefficient (Wildman–Crippen LogP) is 7.27. The number of halogens is 6. The average molecular weight is 526 g/mol. The van der Waals surface area contributed by atoms with Crippen molar-refractivity contribution in [2.45, 2.75) is 0 Å². The minimum Gasteiger partial charge on any atom is -0.422 e. The second kappa shape index (κ2) is 9.55. The van der Waals surface area contributed by atoms with E-state index in [1.54, 1.807) is 36.4 Å². The fraction of sp³-hybridized carbons (Fsp3) is 0. The van der Waals surface area contributed by atoms with Gasteiger partial charge in [0.05, 0.1) is 11.1 Å². The summed E-state index contributed by atoms with van der Waals surface area (Å²) in [6.45, 7) is 0. The van der Waals surface area contributed by atoms with Gasteiger partial charge in [-0.1, -0.05) is 24.3 Å². The Hall–Kier alpha value is -4.86. The molecule has 190 valence electrons. The number of carbonyl (C=O) groups is 2. The molecular formula is C28H12F6O4. The van der Waals surface area contributed by atoms with Gasteiger partial charge in [-0.05, 0) is 59.3 Å². The molecule has 0 N–H and O–H groups in total. The molecule has 0 aliphatic rings. The van der Waals surface area contributed by atoms with E-state index in [1.165, 1.54) is 12.1 Å². The molecule has 10 heteroatoms. The van der Waals surface area contributed by atoms with Crippen LogP contribution in [0.2, 0.25) is 0 Å². The highest BCUT2D eigenvalue weighted by atomic mass is 19.2. The molecule has 0 aromatic heterocycles. The summed E-state index contributed by atoms with van der Waals surface area (Å²) in [6.07, 6.45) is 0. The SMILES string of the molecule is O=C(Oc1ccc(OC(=O)c2cc(F)c(F)c(F)c2)c2cc3ccccc3cc12)c1cc(F)c(F)c(F)c1. The van der Waals surface area contributed by atoms with Crippen LogP contribution in [-0.4, -0.2) is 11.9 Å². The summed E-state index contributed by atoms with van der Waals surface area (Å²) < 4.78 is 91.7. The summed E-state index contributed by atoms with van der Waals surface area (Å²) in [7, 11) is 0. The number of esters is 2. The second-order valence-corrected chi connectivity index (χ2v) is 8.09. The Bertz CT molecular complexity index is 1610. The predicted molar refractivity (Wildman–Crippen MR) is 124 cm³/mol. The van der Waals surface area contributed by atoms with E-state index in [2.05, 4.69) is 0 Å². The van der Waals surface area contributed by atoms with Crippen LogP contribution in [0, 0.1) is 34.9 Å². The number of rotatable bonds is 4. The van der Waals surface area contributed by atoms with E-state index in [9.17, 15) is 35.9 Å². The highest BCUT2D eigenvalue weighted by Gasteiger charge is 2.21. The zero-order valence-corrected chi connectivity index (χ0v) is 18.8. The van der Waals surface area contributed by atoms with Crippen molar-refractivity contribution in [1.29, 1.82) is 0 Å². The van der Waals surface area contributed by atoms with Crippen molar-refractivity contribution in [3.05, 3.63) is 119 Å². The molecule has 5 aromatic carbocycles. The number of benzene rings is 5. The summed E-state index contributed by atoms with van der Waals surface area (Å²) >= 11 is 0. The van der Waals surface area contributed by atoms with Gasteiger partial charge in [-0.15, -0.1) is 0 Å². The smallest absolute Gasteiger partial charge is 0.343 e. The minimum absolute atomic E-state index is 0.0976. The van der Waals surface area contributed by atoms with E-state index in [-0.39, 0.29) is 22.3 Å². The van der Waals surface area contributed by atoms with Crippen LogP contribution in [0.3, 0.4) is 0 Å². The quantitative estimate of drug-likeness (QED) is 0.0813. The fourth-order valence-corrected chi connectivity index (χ4v) is 3.82. The van der Waals surface area contributed by atoms with Gasteiger partial charge >= 0.3 is 11.9 Å². The van der Waals surface area contributed by atoms with Crippen LogP contribution < -0.4 is 9.47 Å². The molecule has 0 amide bonds. The Morgan fingerprint density at radius 1 is 0.500 bits per heavy atom. The van der Waals surface area contributed by atoms with Crippen molar-refractivity contribution in [3.8, 4) is 11.5 Å². The molecule has 0 aliphatic heterocycles. The molecule has 0 bridgehead atoms. The Balaban J connectivity index is 1.57. The molecule has 0 radical (unpaired) electrons. The third kappa shape index (κ3) is 4.52. The van der Waals surface area contributed by atoms with Crippen LogP contribution >= 0.6 is 0 Å². The van der Waals surface area contributed by atoms with Gasteiger partial charge in [0.15, 0.2) is 34.9 Å². The van der Waals surface area contributed by atoms with Crippen LogP contribution in [0.5, 0.6) is 11.5 Å². The van der Waals surface area contributed by atoms with Crippen LogP contribution in [0.1, 0.15) is 20.7 Å². The van der Waals surface area contributed by atoms with Crippen molar-refractivity contribution >= 4 is 33.5 Å². The first-order valence-corrected chi connectivity index (χ1v) is 10.8. The maximum Gasteiger partial charge on any atom is 0.343 e. The molecule has 0 spiro atoms. The van der Waals surface area contributed by atoms with E-state index in [1.807, 2.05) is 0 Å². The van der Waals surface area contributed by atoms with Crippen molar-refractivity contribution < 1.29 is 45.4 Å². The molecule has 0 unspecified atom stereocenters. The van der Waals surface area contributed by atoms with Gasteiger partial charge in [0, 0.05) is 10.8 Å². The van der Waals surface area contributed by atoms with Crippen LogP contribution in [0.15, 0.2) is 72.8 Å². The zero-order chi connectivity index (χ0) is 27.1. The van der Waals surface area contributed by atoms with E-state index in [0.717, 1.165) is 0 Å². The van der Waals surface area contributed by atoms with E-state index in [4.69, 9.17) is 9.47 Å². The Morgan fingerprint density at radius 3 is 1.18 bits per heavy atom. The Kier molecular flexibility index (Phi) is 6.23. The third-order valence-corrected chi connectivity index (χ3v) is 5.65. The molecule has 0 saturated heterocycles. The highest BCUT2D eigenvalue weighted by Crippen LogP contribution is 2.37. The van der Waals surface area contributed by atoms with Crippen molar-refractivity contribution in [2.75, 3.05) is 0 Å². The molecule has 38 heavy (non-hydrogen) atoms. The second-order valence-electron chi connectivity index (χ2n) is 8.09. The van der Waals surface area contributed by atoms with Crippen LogP contribution in [0.4, 0.5) is 26.3 Å². The number of ether oxygens (including phenoxy) is 2. The topological polar surface area (TPSA) is 52.6 Å². The van der Waals surface area contributed by atoms with Gasteiger partial charge in [-0.3, -0.25) is 0 Å². The van der Waals surface area contributed by atoms with Crippen LogP contribution in [-0.2, 0) is 0 Å². The van der Waals surface area contributed by atoms with Crippen molar-refractivity contribution in [2.24, 2.45) is 0 Å². The summed E-state index contributed by atoms with van der Waals surface area (Å²) in [6, 6.07) is 14.5. The van der Waals surface area contributed by atoms with Crippen LogP contribution in [0.25, 0.3) is 21.5 Å². The van der Waals surface area contributed by atoms with Gasteiger partial charge in [0.1, 0.15) is 11.5 Å². The minimum atomic E-state index is -1.74. The summed E-state index contributed by atoms with van der Waals surface area (Å²) in [4.78, 5) is 25.2. The first-order valence-electron chi connectivity index (χ1n) is 10.8. The third-order valence-electron chi connectivity index (χ3n) is 5.65. The lowest BCUT2D eigenvalue weighted by Gasteiger charge is -2.13. The molecular weight excluding hydrogens is 514 g/mol. The molecule has 0 saturated carbocycles. The van der Waals surface area contributed by atoms with E-state index >= 15 is 0 Å². The molecule has 0 aliphatic carbocycles. The summed E-state index contributed by atoms with van der Waals surface area (Å²) in [5, 5.41) is 1.81. The molecule has 0 atom stereocenters. The summed E-state index contributed by atoms with van der Waals surface area (Å²) in [5.41, 5.74) is -1.18. The Labute approximate surface area is 209 Å². The van der Waals surface area contributed by atoms with Gasteiger partial charge in [-0.2, -0.15) is 0 Å². The van der Waals surface area contributed by atoms with Crippen molar-refractivity contribution in [3.63, 3.8) is 0 Å². The summed E-state index contributed by atoms with van der Waals surface area (Å²) in [5.74, 6) is -12.4. The first-order chi connectivity index (χ1) is 18.1. The van der Waals surface area contributed by atoms with E-state index in [0.29, 0.717) is 35.0 Å². The number of fused-ring (bicyclic) bond motifs is 2. The molecule has 5 rings (SSSR count). The number of carbonyl (C=O) groups excluding carboxylic acids is 2. The molecule has 0 heterocycles. The number of hydrogen-bond donors (Lipinski definition) is 0. The fourth-order valence-electron chi connectivity index (χ4n) is 3.82. The average Bonchev–Trinajstić information content (AvgIpc) is 2.90.